The van der Waals surface area contributed by atoms with Gasteiger partial charge in [0.15, 0.2) is 0 Å². The average Bonchev–Trinajstić information content (AvgIpc) is 2.92. The van der Waals surface area contributed by atoms with Gasteiger partial charge in [-0.25, -0.2) is 9.97 Å². The number of hydrogen-bond acceptors (Lipinski definition) is 5. The maximum atomic E-state index is 5.81. The number of hydrogen-bond donors (Lipinski definition) is 1. The van der Waals surface area contributed by atoms with Gasteiger partial charge in [-0.05, 0) is 45.0 Å². The Kier molecular flexibility index (Phi) is 7.10. The van der Waals surface area contributed by atoms with Crippen LogP contribution in [0.15, 0.2) is 35.2 Å². The number of nitrogens with one attached hydrogen (secondary N) is 1. The van der Waals surface area contributed by atoms with E-state index >= 15 is 0 Å². The molecule has 7 heteroatoms. The Labute approximate surface area is 159 Å². The van der Waals surface area contributed by atoms with Crippen molar-refractivity contribution in [3.05, 3.63) is 40.5 Å². The summed E-state index contributed by atoms with van der Waals surface area (Å²) >= 11 is 10.9. The van der Waals surface area contributed by atoms with Gasteiger partial charge in [-0.1, -0.05) is 27.7 Å². The first-order chi connectivity index (χ1) is 11.4. The van der Waals surface area contributed by atoms with E-state index in [0.717, 1.165) is 25.1 Å². The lowest BCUT2D eigenvalue weighted by Crippen LogP contribution is -2.29. The zero-order valence-electron chi connectivity index (χ0n) is 14.0. The van der Waals surface area contributed by atoms with Crippen molar-refractivity contribution in [1.29, 1.82) is 0 Å². The molecule has 3 rings (SSSR count). The molecular weight excluding hydrogens is 408 g/mol. The lowest BCUT2D eigenvalue weighted by atomic mass is 10.3. The predicted molar refractivity (Wildman–Crippen MR) is 107 cm³/mol. The fourth-order valence-electron chi connectivity index (χ4n) is 2.19. The van der Waals surface area contributed by atoms with E-state index in [9.17, 15) is 0 Å². The van der Waals surface area contributed by atoms with Gasteiger partial charge < -0.3 is 5.32 Å². The first kappa shape index (κ1) is 19.2. The number of nitrogens with zero attached hydrogens (tertiary/aromatic N) is 3. The summed E-state index contributed by atoms with van der Waals surface area (Å²) in [6, 6.07) is 5.30. The number of aromatic nitrogens is 3. The van der Waals surface area contributed by atoms with E-state index < -0.39 is 0 Å². The summed E-state index contributed by atoms with van der Waals surface area (Å²) in [5.74, 6) is 0. The molecule has 4 nitrogen and oxygen atoms in total. The normalized spacial score (nSPS) is 11.0. The smallest absolute Gasteiger partial charge is 0.222 e. The largest absolute Gasteiger partial charge is 0.312 e. The maximum Gasteiger partial charge on any atom is 0.222 e. The van der Waals surface area contributed by atoms with Crippen LogP contribution in [0.4, 0.5) is 0 Å². The first-order valence-electron chi connectivity index (χ1n) is 7.65. The average molecular weight is 428 g/mol. The summed E-state index contributed by atoms with van der Waals surface area (Å²) in [4.78, 5) is 13.3. The maximum absolute atomic E-state index is 5.81. The number of thiophene rings is 1. The van der Waals surface area contributed by atoms with Crippen LogP contribution in [-0.4, -0.2) is 27.0 Å². The monoisotopic (exact) mass is 426 g/mol. The Balaban J connectivity index is 0.000000256. The van der Waals surface area contributed by atoms with Crippen LogP contribution < -0.4 is 5.32 Å². The third-order valence-electron chi connectivity index (χ3n) is 2.94. The summed E-state index contributed by atoms with van der Waals surface area (Å²) in [6.45, 7) is 8.61. The van der Waals surface area contributed by atoms with Crippen LogP contribution in [0.3, 0.4) is 0 Å². The Morgan fingerprint density at radius 1 is 1.17 bits per heavy atom. The minimum absolute atomic E-state index is 0.249. The van der Waals surface area contributed by atoms with Crippen molar-refractivity contribution in [3.63, 3.8) is 0 Å². The molecule has 24 heavy (non-hydrogen) atoms. The second-order valence-electron chi connectivity index (χ2n) is 5.84. The second-order valence-corrected chi connectivity index (χ2v) is 8.11. The molecule has 0 amide bonds. The fourth-order valence-corrected chi connectivity index (χ4v) is 3.89. The number of rotatable bonds is 3. The predicted octanol–water partition coefficient (Wildman–Crippen LogP) is 5.56. The zero-order chi connectivity index (χ0) is 17.7. The molecule has 0 bridgehead atoms. The topological polar surface area (TPSA) is 50.7 Å². The van der Waals surface area contributed by atoms with Gasteiger partial charge in [-0.3, -0.25) is 4.98 Å². The zero-order valence-corrected chi connectivity index (χ0v) is 17.2. The molecule has 0 aliphatic carbocycles. The van der Waals surface area contributed by atoms with Crippen molar-refractivity contribution in [2.45, 2.75) is 39.8 Å². The van der Waals surface area contributed by atoms with Gasteiger partial charge in [0, 0.05) is 30.7 Å². The quantitative estimate of drug-likeness (QED) is 0.556. The first-order valence-corrected chi connectivity index (χ1v) is 9.63. The Bertz CT molecular complexity index is 765. The van der Waals surface area contributed by atoms with E-state index in [1.807, 2.05) is 12.3 Å². The highest BCUT2D eigenvalue weighted by Crippen LogP contribution is 2.35. The minimum atomic E-state index is 0.249. The standard InChI is InChI=1S/C11H5BrClN3S.C6H15N/c12-7-4-15-11(13)16-10(7)8-3-6-1-2-14-5-9(6)17-8;1-5(2)7-6(3)4/h1-5H;5-7H,1-4H3. The van der Waals surface area contributed by atoms with Crippen LogP contribution in [0, 0.1) is 0 Å². The van der Waals surface area contributed by atoms with Crippen molar-refractivity contribution in [3.8, 4) is 10.6 Å². The molecule has 0 radical (unpaired) electrons. The molecule has 3 aromatic heterocycles. The summed E-state index contributed by atoms with van der Waals surface area (Å²) in [6.07, 6.45) is 5.29. The summed E-state index contributed by atoms with van der Waals surface area (Å²) < 4.78 is 1.96. The Hall–Kier alpha value is -1.08. The van der Waals surface area contributed by atoms with Gasteiger partial charge in [0.05, 0.1) is 19.7 Å². The van der Waals surface area contributed by atoms with Crippen molar-refractivity contribution in [2.75, 3.05) is 0 Å². The summed E-state index contributed by atoms with van der Waals surface area (Å²) in [5.41, 5.74) is 0.811. The second kappa shape index (κ2) is 8.85. The van der Waals surface area contributed by atoms with Crippen molar-refractivity contribution >= 4 is 49.0 Å². The van der Waals surface area contributed by atoms with E-state index in [2.05, 4.69) is 70.0 Å². The van der Waals surface area contributed by atoms with Gasteiger partial charge in [0.2, 0.25) is 5.28 Å². The third kappa shape index (κ3) is 5.48. The molecule has 0 spiro atoms. The molecular formula is C17H20BrClN4S. The molecule has 0 saturated heterocycles. The molecule has 3 heterocycles. The molecule has 0 aromatic carbocycles. The van der Waals surface area contributed by atoms with Crippen molar-refractivity contribution in [1.82, 2.24) is 20.3 Å². The van der Waals surface area contributed by atoms with Gasteiger partial charge >= 0.3 is 0 Å². The molecule has 0 aliphatic heterocycles. The van der Waals surface area contributed by atoms with Gasteiger partial charge in [-0.2, -0.15) is 0 Å². The molecule has 128 valence electrons. The lowest BCUT2D eigenvalue weighted by molar-refractivity contribution is 0.518. The fraction of sp³-hybridized carbons (Fsp3) is 0.353. The molecule has 0 fully saturated rings. The number of pyridine rings is 1. The highest BCUT2D eigenvalue weighted by Gasteiger charge is 2.10. The van der Waals surface area contributed by atoms with Crippen LogP contribution in [0.5, 0.6) is 0 Å². The summed E-state index contributed by atoms with van der Waals surface area (Å²) in [5, 5.41) is 4.71. The Morgan fingerprint density at radius 3 is 2.46 bits per heavy atom. The van der Waals surface area contributed by atoms with E-state index in [0.29, 0.717) is 12.1 Å². The van der Waals surface area contributed by atoms with Crippen LogP contribution in [0.2, 0.25) is 5.28 Å². The molecule has 0 aliphatic rings. The number of halogens is 2. The van der Waals surface area contributed by atoms with Gasteiger partial charge in [-0.15, -0.1) is 11.3 Å². The minimum Gasteiger partial charge on any atom is -0.312 e. The molecule has 0 saturated carbocycles. The molecule has 0 unspecified atom stereocenters. The van der Waals surface area contributed by atoms with Crippen LogP contribution >= 0.6 is 38.9 Å². The SMILES string of the molecule is CC(C)NC(C)C.Clc1ncc(Br)c(-c2cc3ccncc3s2)n1. The summed E-state index contributed by atoms with van der Waals surface area (Å²) in [7, 11) is 0. The molecule has 3 aromatic rings. The van der Waals surface area contributed by atoms with Crippen molar-refractivity contribution < 1.29 is 0 Å². The highest BCUT2D eigenvalue weighted by molar-refractivity contribution is 9.10. The third-order valence-corrected chi connectivity index (χ3v) is 4.79. The van der Waals surface area contributed by atoms with Gasteiger partial charge in [0.25, 0.3) is 0 Å². The molecule has 0 atom stereocenters. The lowest BCUT2D eigenvalue weighted by Gasteiger charge is -2.10. The van der Waals surface area contributed by atoms with E-state index in [4.69, 9.17) is 11.6 Å². The van der Waals surface area contributed by atoms with E-state index in [1.54, 1.807) is 23.7 Å². The number of fused-ring (bicyclic) bond motifs is 1. The molecule has 1 N–H and O–H groups in total. The van der Waals surface area contributed by atoms with Crippen LogP contribution in [-0.2, 0) is 0 Å². The highest BCUT2D eigenvalue weighted by atomic mass is 79.9. The van der Waals surface area contributed by atoms with E-state index in [-0.39, 0.29) is 5.28 Å². The van der Waals surface area contributed by atoms with Crippen molar-refractivity contribution in [2.24, 2.45) is 0 Å². The van der Waals surface area contributed by atoms with Crippen LogP contribution in [0.1, 0.15) is 27.7 Å². The van der Waals surface area contributed by atoms with E-state index in [1.165, 1.54) is 0 Å². The van der Waals surface area contributed by atoms with Crippen LogP contribution in [0.25, 0.3) is 20.7 Å². The Morgan fingerprint density at radius 2 is 1.88 bits per heavy atom. The van der Waals surface area contributed by atoms with Gasteiger partial charge in [0.1, 0.15) is 0 Å².